The van der Waals surface area contributed by atoms with Crippen molar-refractivity contribution in [2.45, 2.75) is 90.9 Å². The minimum atomic E-state index is -1.51. The van der Waals surface area contributed by atoms with Crippen molar-refractivity contribution in [3.63, 3.8) is 0 Å². The molecule has 2 heterocycles. The normalized spacial score (nSPS) is 26.0. The van der Waals surface area contributed by atoms with Gasteiger partial charge in [0.25, 0.3) is 0 Å². The number of aromatic amines is 1. The van der Waals surface area contributed by atoms with Gasteiger partial charge in [0.15, 0.2) is 6.29 Å². The molecule has 11 heteroatoms. The van der Waals surface area contributed by atoms with Gasteiger partial charge in [0.2, 0.25) is 17.1 Å². The average molecular weight is 608 g/mol. The van der Waals surface area contributed by atoms with Crippen LogP contribution in [0.3, 0.4) is 0 Å². The number of aliphatic hydroxyl groups is 4. The quantitative estimate of drug-likeness (QED) is 0.157. The molecule has 8 atom stereocenters. The molecule has 0 bridgehead atoms. The number of aromatic nitrogens is 1. The lowest BCUT2D eigenvalue weighted by Gasteiger charge is -2.41. The summed E-state index contributed by atoms with van der Waals surface area (Å²) in [5.41, 5.74) is 3.79. The third-order valence-electron chi connectivity index (χ3n) is 7.82. The van der Waals surface area contributed by atoms with Gasteiger partial charge in [-0.05, 0) is 45.8 Å². The van der Waals surface area contributed by atoms with Crippen molar-refractivity contribution in [1.82, 2.24) is 4.98 Å². The summed E-state index contributed by atoms with van der Waals surface area (Å²) in [6.07, 6.45) is 2.63. The van der Waals surface area contributed by atoms with Gasteiger partial charge >= 0.3 is 0 Å². The van der Waals surface area contributed by atoms with Gasteiger partial charge in [-0.1, -0.05) is 42.9 Å². The van der Waals surface area contributed by atoms with Crippen LogP contribution in [0.5, 0.6) is 11.6 Å². The molecule has 5 N–H and O–H groups in total. The number of aliphatic hydroxyl groups excluding tert-OH is 4. The zero-order valence-electron chi connectivity index (χ0n) is 26.7. The van der Waals surface area contributed by atoms with Crippen LogP contribution in [0.2, 0.25) is 0 Å². The summed E-state index contributed by atoms with van der Waals surface area (Å²) in [5, 5.41) is 40.2. The smallest absolute Gasteiger partial charge is 0.238 e. The Hall–Kier alpha value is -2.77. The van der Waals surface area contributed by atoms with E-state index in [9.17, 15) is 25.2 Å². The SMILES string of the molecule is C/C=C(\C)[C@H](O[C@@H]1O[C@H](CO)[C@@H](O)[C@H](O)[C@H]1O)[C@H](C)/C=C(C)/C=C/C=C(\C)C(Cc1[nH]c(OC)c(OC)c(=O)c1C)OC. The van der Waals surface area contributed by atoms with Crippen molar-refractivity contribution in [2.24, 2.45) is 5.92 Å². The number of pyridine rings is 1. The van der Waals surface area contributed by atoms with Gasteiger partial charge in [-0.3, -0.25) is 4.79 Å². The molecule has 0 amide bonds. The Morgan fingerprint density at radius 2 is 1.72 bits per heavy atom. The zero-order valence-corrected chi connectivity index (χ0v) is 26.7. The van der Waals surface area contributed by atoms with E-state index in [1.165, 1.54) is 14.2 Å². The summed E-state index contributed by atoms with van der Waals surface area (Å²) in [5.74, 6) is 0.242. The lowest BCUT2D eigenvalue weighted by Crippen LogP contribution is -2.60. The number of hydrogen-bond donors (Lipinski definition) is 5. The Balaban J connectivity index is 2.19. The maximum absolute atomic E-state index is 12.7. The fourth-order valence-electron chi connectivity index (χ4n) is 5.00. The van der Waals surface area contributed by atoms with Gasteiger partial charge in [-0.2, -0.15) is 0 Å². The fraction of sp³-hybridized carbons (Fsp3) is 0.594. The molecule has 0 spiro atoms. The van der Waals surface area contributed by atoms with Crippen LogP contribution in [0.4, 0.5) is 0 Å². The summed E-state index contributed by atoms with van der Waals surface area (Å²) in [7, 11) is 4.51. The first-order valence-electron chi connectivity index (χ1n) is 14.3. The summed E-state index contributed by atoms with van der Waals surface area (Å²) >= 11 is 0. The topological polar surface area (TPSA) is 160 Å². The second-order valence-electron chi connectivity index (χ2n) is 10.9. The van der Waals surface area contributed by atoms with Crippen molar-refractivity contribution in [3.05, 3.63) is 68.6 Å². The number of allylic oxidation sites excluding steroid dienone is 5. The predicted molar refractivity (Wildman–Crippen MR) is 163 cm³/mol. The summed E-state index contributed by atoms with van der Waals surface area (Å²) in [4.78, 5) is 15.9. The van der Waals surface area contributed by atoms with Crippen LogP contribution in [-0.4, -0.2) is 96.3 Å². The Labute approximate surface area is 254 Å². The number of rotatable bonds is 14. The first-order valence-corrected chi connectivity index (χ1v) is 14.3. The van der Waals surface area contributed by atoms with E-state index in [0.29, 0.717) is 17.7 Å². The highest BCUT2D eigenvalue weighted by Crippen LogP contribution is 2.28. The molecule has 1 fully saturated rings. The van der Waals surface area contributed by atoms with Crippen LogP contribution in [0.1, 0.15) is 45.9 Å². The van der Waals surface area contributed by atoms with E-state index >= 15 is 0 Å². The number of ether oxygens (including phenoxy) is 5. The summed E-state index contributed by atoms with van der Waals surface area (Å²) in [6.45, 7) is 10.9. The highest BCUT2D eigenvalue weighted by atomic mass is 16.7. The lowest BCUT2D eigenvalue weighted by molar-refractivity contribution is -0.310. The van der Waals surface area contributed by atoms with Crippen LogP contribution in [0.25, 0.3) is 0 Å². The van der Waals surface area contributed by atoms with Crippen LogP contribution in [0, 0.1) is 12.8 Å². The van der Waals surface area contributed by atoms with Gasteiger partial charge in [0.1, 0.15) is 24.4 Å². The second kappa shape index (κ2) is 16.9. The monoisotopic (exact) mass is 607 g/mol. The summed E-state index contributed by atoms with van der Waals surface area (Å²) < 4.78 is 27.9. The van der Waals surface area contributed by atoms with E-state index in [2.05, 4.69) is 4.98 Å². The Bertz CT molecular complexity index is 1230. The highest BCUT2D eigenvalue weighted by molar-refractivity contribution is 5.40. The molecule has 242 valence electrons. The Kier molecular flexibility index (Phi) is 14.3. The molecular formula is C32H49NO10. The van der Waals surface area contributed by atoms with Crippen LogP contribution in [-0.2, 0) is 20.6 Å². The van der Waals surface area contributed by atoms with E-state index < -0.39 is 43.4 Å². The Morgan fingerprint density at radius 1 is 1.05 bits per heavy atom. The number of nitrogens with one attached hydrogen (secondary N) is 1. The van der Waals surface area contributed by atoms with E-state index in [4.69, 9.17) is 23.7 Å². The highest BCUT2D eigenvalue weighted by Gasteiger charge is 2.45. The van der Waals surface area contributed by atoms with Crippen molar-refractivity contribution < 1.29 is 44.1 Å². The van der Waals surface area contributed by atoms with E-state index in [0.717, 1.165) is 16.7 Å². The van der Waals surface area contributed by atoms with Crippen molar-refractivity contribution in [1.29, 1.82) is 0 Å². The lowest BCUT2D eigenvalue weighted by atomic mass is 9.94. The molecular weight excluding hydrogens is 558 g/mol. The first kappa shape index (κ1) is 36.4. The van der Waals surface area contributed by atoms with Crippen LogP contribution < -0.4 is 14.9 Å². The summed E-state index contributed by atoms with van der Waals surface area (Å²) in [6, 6.07) is 0. The van der Waals surface area contributed by atoms with Gasteiger partial charge in [0.05, 0.1) is 33.0 Å². The van der Waals surface area contributed by atoms with Crippen LogP contribution >= 0.6 is 0 Å². The first-order chi connectivity index (χ1) is 20.3. The third-order valence-corrected chi connectivity index (χ3v) is 7.82. The van der Waals surface area contributed by atoms with E-state index in [1.807, 2.05) is 65.0 Å². The molecule has 0 aliphatic carbocycles. The minimum absolute atomic E-state index is 0.134. The Morgan fingerprint density at radius 3 is 2.28 bits per heavy atom. The average Bonchev–Trinajstić information content (AvgIpc) is 2.99. The fourth-order valence-corrected chi connectivity index (χ4v) is 5.00. The molecule has 1 aliphatic heterocycles. The number of methoxy groups -OCH3 is 3. The maximum Gasteiger partial charge on any atom is 0.238 e. The molecule has 1 saturated heterocycles. The predicted octanol–water partition coefficient (Wildman–Crippen LogP) is 2.49. The molecule has 1 aromatic heterocycles. The molecule has 43 heavy (non-hydrogen) atoms. The minimum Gasteiger partial charge on any atom is -0.488 e. The molecule has 1 unspecified atom stereocenters. The largest absolute Gasteiger partial charge is 0.488 e. The molecule has 0 aromatic carbocycles. The van der Waals surface area contributed by atoms with Gasteiger partial charge in [-0.15, -0.1) is 0 Å². The molecule has 1 aromatic rings. The van der Waals surface area contributed by atoms with Gasteiger partial charge in [-0.25, -0.2) is 0 Å². The molecule has 1 aliphatic rings. The molecule has 2 rings (SSSR count). The van der Waals surface area contributed by atoms with Crippen molar-refractivity contribution in [3.8, 4) is 11.6 Å². The molecule has 0 radical (unpaired) electrons. The standard InChI is InChI=1S/C32H49NO10/c1-10-18(3)29(43-32-28(38)27(37)26(36)24(16-34)42-32)20(5)14-17(2)12-11-13-19(4)23(39-7)15-22-21(6)25(35)30(40-8)31(33-22)41-9/h10-14,20,23-24,26-29,32,34,36-38H,15-16H2,1-9H3,(H,33,35)/b12-11+,17-14+,18-10+,19-13+/t20-,23?,24-,26-,27+,28-,29+,32+/m1/s1. The number of hydrogen-bond acceptors (Lipinski definition) is 10. The third kappa shape index (κ3) is 9.12. The van der Waals surface area contributed by atoms with E-state index in [1.54, 1.807) is 14.0 Å². The molecule has 11 nitrogen and oxygen atoms in total. The van der Waals surface area contributed by atoms with Gasteiger partial charge < -0.3 is 49.1 Å². The second-order valence-corrected chi connectivity index (χ2v) is 10.9. The number of H-pyrrole nitrogens is 1. The van der Waals surface area contributed by atoms with Crippen molar-refractivity contribution in [2.75, 3.05) is 27.9 Å². The van der Waals surface area contributed by atoms with E-state index in [-0.39, 0.29) is 29.1 Å². The maximum atomic E-state index is 12.7. The van der Waals surface area contributed by atoms with Crippen LogP contribution in [0.15, 0.2) is 51.9 Å². The van der Waals surface area contributed by atoms with Crippen molar-refractivity contribution >= 4 is 0 Å². The molecule has 0 saturated carbocycles. The van der Waals surface area contributed by atoms with Gasteiger partial charge in [0, 0.05) is 30.7 Å². The zero-order chi connectivity index (χ0) is 32.4.